The van der Waals surface area contributed by atoms with E-state index in [-0.39, 0.29) is 43.8 Å². The molecule has 226 valence electrons. The second-order valence-corrected chi connectivity index (χ2v) is 13.2. The van der Waals surface area contributed by atoms with Crippen molar-refractivity contribution in [1.82, 2.24) is 10.2 Å². The van der Waals surface area contributed by atoms with Crippen molar-refractivity contribution in [1.29, 1.82) is 0 Å². The Morgan fingerprint density at radius 2 is 1.64 bits per heavy atom. The first-order valence-electron chi connectivity index (χ1n) is 14.3. The van der Waals surface area contributed by atoms with Crippen molar-refractivity contribution in [3.8, 4) is 0 Å². The number of nitrogens with zero attached hydrogens (tertiary/aromatic N) is 2. The van der Waals surface area contributed by atoms with Crippen LogP contribution in [0.1, 0.15) is 55.4 Å². The van der Waals surface area contributed by atoms with Crippen LogP contribution in [-0.2, 0) is 32.6 Å². The molecule has 0 fully saturated rings. The highest BCUT2D eigenvalue weighted by atomic mass is 35.5. The number of aryl methyl sites for hydroxylation is 2. The van der Waals surface area contributed by atoms with Gasteiger partial charge in [0.15, 0.2) is 0 Å². The average molecular weight is 612 g/mol. The lowest BCUT2D eigenvalue weighted by Crippen LogP contribution is -2.52. The molecule has 0 saturated heterocycles. The highest BCUT2D eigenvalue weighted by molar-refractivity contribution is 7.92. The molecule has 0 aliphatic heterocycles. The number of benzene rings is 3. The monoisotopic (exact) mass is 611 g/mol. The van der Waals surface area contributed by atoms with Gasteiger partial charge in [0.1, 0.15) is 6.04 Å². The summed E-state index contributed by atoms with van der Waals surface area (Å²) in [6, 6.07) is 21.9. The normalized spacial score (nSPS) is 12.8. The number of halogens is 1. The number of carbonyl (C=O) groups is 2. The van der Waals surface area contributed by atoms with Crippen molar-refractivity contribution in [2.75, 3.05) is 17.1 Å². The standard InChI is InChI=1S/C33H42ClN3O4S/c1-6-26(4)35-33(39)31(21-27-13-8-7-9-14-27)36(23-28-15-10-12-24(2)20-28)32(38)16-11-19-37(42(5,40)41)30-22-29(34)18-17-25(30)3/h7-10,12-15,17-18,20,22,26,31H,6,11,16,19,21,23H2,1-5H3,(H,35,39). The van der Waals surface area contributed by atoms with E-state index in [1.165, 1.54) is 4.31 Å². The van der Waals surface area contributed by atoms with Crippen molar-refractivity contribution >= 4 is 39.1 Å². The Labute approximate surface area is 255 Å². The largest absolute Gasteiger partial charge is 0.352 e. The molecule has 0 aromatic heterocycles. The van der Waals surface area contributed by atoms with E-state index >= 15 is 0 Å². The predicted molar refractivity (Wildman–Crippen MR) is 171 cm³/mol. The maximum absolute atomic E-state index is 14.0. The van der Waals surface area contributed by atoms with Gasteiger partial charge in [0.25, 0.3) is 0 Å². The molecule has 9 heteroatoms. The summed E-state index contributed by atoms with van der Waals surface area (Å²) in [6.07, 6.45) is 2.61. The molecule has 3 aromatic carbocycles. The number of carbonyl (C=O) groups excluding carboxylic acids is 2. The van der Waals surface area contributed by atoms with Crippen LogP contribution in [-0.4, -0.2) is 50.0 Å². The zero-order chi connectivity index (χ0) is 30.9. The van der Waals surface area contributed by atoms with Gasteiger partial charge in [-0.25, -0.2) is 8.42 Å². The minimum absolute atomic E-state index is 0.0454. The number of sulfonamides is 1. The number of hydrogen-bond donors (Lipinski definition) is 1. The molecule has 0 bridgehead atoms. The van der Waals surface area contributed by atoms with E-state index in [1.54, 1.807) is 23.1 Å². The molecule has 0 spiro atoms. The number of rotatable bonds is 14. The summed E-state index contributed by atoms with van der Waals surface area (Å²) in [5, 5.41) is 3.51. The zero-order valence-corrected chi connectivity index (χ0v) is 26.7. The van der Waals surface area contributed by atoms with E-state index in [0.29, 0.717) is 17.1 Å². The lowest BCUT2D eigenvalue weighted by atomic mass is 10.0. The van der Waals surface area contributed by atoms with Gasteiger partial charge in [-0.2, -0.15) is 0 Å². The maximum Gasteiger partial charge on any atom is 0.243 e. The smallest absolute Gasteiger partial charge is 0.243 e. The van der Waals surface area contributed by atoms with E-state index in [1.807, 2.05) is 82.3 Å². The summed E-state index contributed by atoms with van der Waals surface area (Å²) in [7, 11) is -3.63. The molecule has 2 atom stereocenters. The molecule has 1 N–H and O–H groups in total. The molecular formula is C33H42ClN3O4S. The van der Waals surface area contributed by atoms with Gasteiger partial charge in [-0.05, 0) is 62.4 Å². The van der Waals surface area contributed by atoms with Gasteiger partial charge in [0.2, 0.25) is 21.8 Å². The van der Waals surface area contributed by atoms with Gasteiger partial charge in [-0.1, -0.05) is 84.8 Å². The molecule has 0 heterocycles. The minimum atomic E-state index is -3.63. The van der Waals surface area contributed by atoms with E-state index in [9.17, 15) is 18.0 Å². The summed E-state index contributed by atoms with van der Waals surface area (Å²) < 4.78 is 26.8. The van der Waals surface area contributed by atoms with Crippen LogP contribution in [0.4, 0.5) is 5.69 Å². The van der Waals surface area contributed by atoms with Crippen molar-refractivity contribution in [2.24, 2.45) is 0 Å². The zero-order valence-electron chi connectivity index (χ0n) is 25.1. The van der Waals surface area contributed by atoms with Crippen LogP contribution in [0, 0.1) is 13.8 Å². The molecule has 2 unspecified atom stereocenters. The Balaban J connectivity index is 1.91. The quantitative estimate of drug-likeness (QED) is 0.240. The van der Waals surface area contributed by atoms with Gasteiger partial charge >= 0.3 is 0 Å². The minimum Gasteiger partial charge on any atom is -0.352 e. The molecule has 0 radical (unpaired) electrons. The highest BCUT2D eigenvalue weighted by Gasteiger charge is 2.31. The Morgan fingerprint density at radius 1 is 0.952 bits per heavy atom. The second kappa shape index (κ2) is 15.2. The second-order valence-electron chi connectivity index (χ2n) is 10.9. The Morgan fingerprint density at radius 3 is 2.29 bits per heavy atom. The first-order chi connectivity index (χ1) is 19.9. The number of amides is 2. The molecule has 0 aliphatic carbocycles. The summed E-state index contributed by atoms with van der Waals surface area (Å²) in [5.41, 5.74) is 4.18. The highest BCUT2D eigenvalue weighted by Crippen LogP contribution is 2.27. The number of hydrogen-bond acceptors (Lipinski definition) is 4. The summed E-state index contributed by atoms with van der Waals surface area (Å²) in [4.78, 5) is 29.3. The van der Waals surface area contributed by atoms with E-state index in [0.717, 1.165) is 34.9 Å². The van der Waals surface area contributed by atoms with Crippen molar-refractivity contribution in [2.45, 2.75) is 72.0 Å². The molecular weight excluding hydrogens is 570 g/mol. The molecule has 2 amide bonds. The van der Waals surface area contributed by atoms with Crippen LogP contribution in [0.25, 0.3) is 0 Å². The molecule has 3 rings (SSSR count). The number of anilines is 1. The van der Waals surface area contributed by atoms with Crippen molar-refractivity contribution in [3.05, 3.63) is 100 Å². The van der Waals surface area contributed by atoms with Crippen LogP contribution < -0.4 is 9.62 Å². The third kappa shape index (κ3) is 9.60. The van der Waals surface area contributed by atoms with Gasteiger partial charge in [0, 0.05) is 37.0 Å². The third-order valence-corrected chi connectivity index (χ3v) is 8.71. The van der Waals surface area contributed by atoms with Gasteiger partial charge in [-0.3, -0.25) is 13.9 Å². The average Bonchev–Trinajstić information content (AvgIpc) is 2.94. The van der Waals surface area contributed by atoms with Crippen molar-refractivity contribution in [3.63, 3.8) is 0 Å². The van der Waals surface area contributed by atoms with Gasteiger partial charge in [0.05, 0.1) is 11.9 Å². The lowest BCUT2D eigenvalue weighted by molar-refractivity contribution is -0.141. The summed E-state index contributed by atoms with van der Waals surface area (Å²) in [5.74, 6) is -0.422. The summed E-state index contributed by atoms with van der Waals surface area (Å²) >= 11 is 6.18. The fourth-order valence-corrected chi connectivity index (χ4v) is 6.02. The molecule has 7 nitrogen and oxygen atoms in total. The van der Waals surface area contributed by atoms with Crippen LogP contribution in [0.3, 0.4) is 0 Å². The van der Waals surface area contributed by atoms with Crippen LogP contribution in [0.2, 0.25) is 5.02 Å². The maximum atomic E-state index is 14.0. The van der Waals surface area contributed by atoms with Gasteiger partial charge < -0.3 is 10.2 Å². The molecule has 0 saturated carbocycles. The topological polar surface area (TPSA) is 86.8 Å². The van der Waals surface area contributed by atoms with Crippen LogP contribution >= 0.6 is 11.6 Å². The fraction of sp³-hybridized carbons (Fsp3) is 0.394. The Kier molecular flexibility index (Phi) is 12.0. The lowest BCUT2D eigenvalue weighted by Gasteiger charge is -2.33. The van der Waals surface area contributed by atoms with E-state index < -0.39 is 16.1 Å². The first-order valence-corrected chi connectivity index (χ1v) is 16.5. The predicted octanol–water partition coefficient (Wildman–Crippen LogP) is 6.06. The molecule has 42 heavy (non-hydrogen) atoms. The van der Waals surface area contributed by atoms with Gasteiger partial charge in [-0.15, -0.1) is 0 Å². The van der Waals surface area contributed by atoms with Crippen LogP contribution in [0.5, 0.6) is 0 Å². The molecule has 0 aliphatic rings. The SMILES string of the molecule is CCC(C)NC(=O)C(Cc1ccccc1)N(Cc1cccc(C)c1)C(=O)CCCN(c1cc(Cl)ccc1C)S(C)(=O)=O. The Hall–Kier alpha value is -3.36. The van der Waals surface area contributed by atoms with E-state index in [2.05, 4.69) is 5.32 Å². The van der Waals surface area contributed by atoms with E-state index in [4.69, 9.17) is 11.6 Å². The third-order valence-electron chi connectivity index (χ3n) is 7.30. The fourth-order valence-electron chi connectivity index (χ4n) is 4.84. The number of nitrogens with one attached hydrogen (secondary N) is 1. The molecule has 3 aromatic rings. The first kappa shape index (κ1) is 33.1. The Bertz CT molecular complexity index is 1460. The van der Waals surface area contributed by atoms with Crippen molar-refractivity contribution < 1.29 is 18.0 Å². The van der Waals surface area contributed by atoms with Crippen LogP contribution in [0.15, 0.2) is 72.8 Å². The summed E-state index contributed by atoms with van der Waals surface area (Å²) in [6.45, 7) is 8.12.